The van der Waals surface area contributed by atoms with Gasteiger partial charge in [-0.2, -0.15) is 0 Å². The second-order valence-corrected chi connectivity index (χ2v) is 5.74. The van der Waals surface area contributed by atoms with Crippen LogP contribution in [-0.2, 0) is 18.5 Å². The predicted octanol–water partition coefficient (Wildman–Crippen LogP) is 2.70. The summed E-state index contributed by atoms with van der Waals surface area (Å²) in [5.74, 6) is 0. The molecular weight excluding hydrogens is 256 g/mol. The van der Waals surface area contributed by atoms with E-state index in [2.05, 4.69) is 22.6 Å². The predicted molar refractivity (Wildman–Crippen MR) is 79.2 cm³/mol. The second-order valence-electron chi connectivity index (χ2n) is 4.80. The number of hydrogen-bond donors (Lipinski definition) is 2. The molecule has 0 amide bonds. The summed E-state index contributed by atoms with van der Waals surface area (Å²) in [6, 6.07) is 10.0. The Kier molecular flexibility index (Phi) is 4.69. The van der Waals surface area contributed by atoms with Gasteiger partial charge in [0.05, 0.1) is 22.8 Å². The summed E-state index contributed by atoms with van der Waals surface area (Å²) in [6.07, 6.45) is 0.973. The number of aliphatic hydroxyl groups excluding tert-OH is 1. The number of hydrogen-bond acceptors (Lipinski definition) is 4. The van der Waals surface area contributed by atoms with Crippen molar-refractivity contribution in [2.45, 2.75) is 32.4 Å². The number of thiazole rings is 1. The second kappa shape index (κ2) is 6.28. The highest BCUT2D eigenvalue weighted by atomic mass is 32.1. The fraction of sp³-hybridized carbons (Fsp3) is 0.400. The Labute approximate surface area is 118 Å². The average Bonchev–Trinajstić information content (AvgIpc) is 2.94. The number of rotatable bonds is 6. The van der Waals surface area contributed by atoms with Gasteiger partial charge in [-0.1, -0.05) is 37.3 Å². The number of benzene rings is 1. The Bertz CT molecular complexity index is 512. The van der Waals surface area contributed by atoms with E-state index in [9.17, 15) is 5.11 Å². The average molecular weight is 276 g/mol. The van der Waals surface area contributed by atoms with Crippen LogP contribution in [0.3, 0.4) is 0 Å². The molecule has 0 aliphatic rings. The minimum absolute atomic E-state index is 0.0573. The van der Waals surface area contributed by atoms with Crippen LogP contribution in [0.4, 0.5) is 0 Å². The van der Waals surface area contributed by atoms with Crippen molar-refractivity contribution < 1.29 is 5.11 Å². The van der Waals surface area contributed by atoms with Crippen molar-refractivity contribution >= 4 is 11.3 Å². The van der Waals surface area contributed by atoms with Gasteiger partial charge >= 0.3 is 0 Å². The smallest absolute Gasteiger partial charge is 0.0926 e. The van der Waals surface area contributed by atoms with Gasteiger partial charge in [-0.15, -0.1) is 11.3 Å². The number of aryl methyl sites for hydroxylation is 1. The van der Waals surface area contributed by atoms with Gasteiger partial charge in [0.1, 0.15) is 0 Å². The zero-order chi connectivity index (χ0) is 13.7. The van der Waals surface area contributed by atoms with Crippen LogP contribution in [0.15, 0.2) is 35.7 Å². The third-order valence-corrected chi connectivity index (χ3v) is 4.33. The van der Waals surface area contributed by atoms with Gasteiger partial charge in [-0.3, -0.25) is 5.32 Å². The normalized spacial score (nSPS) is 14.3. The molecule has 1 unspecified atom stereocenters. The lowest BCUT2D eigenvalue weighted by molar-refractivity contribution is 0.173. The summed E-state index contributed by atoms with van der Waals surface area (Å²) < 4.78 is 0. The van der Waals surface area contributed by atoms with Gasteiger partial charge in [0.2, 0.25) is 0 Å². The van der Waals surface area contributed by atoms with E-state index in [4.69, 9.17) is 0 Å². The first kappa shape index (κ1) is 14.2. The first-order chi connectivity index (χ1) is 9.18. The van der Waals surface area contributed by atoms with E-state index in [1.54, 1.807) is 11.3 Å². The fourth-order valence-electron chi connectivity index (χ4n) is 1.93. The summed E-state index contributed by atoms with van der Waals surface area (Å²) in [5, 5.41) is 16.3. The third kappa shape index (κ3) is 3.41. The summed E-state index contributed by atoms with van der Waals surface area (Å²) in [4.78, 5) is 4.53. The van der Waals surface area contributed by atoms with E-state index in [1.165, 1.54) is 0 Å². The van der Waals surface area contributed by atoms with Crippen LogP contribution in [0, 0.1) is 0 Å². The molecule has 1 heterocycles. The minimum Gasteiger partial charge on any atom is -0.394 e. The molecule has 19 heavy (non-hydrogen) atoms. The molecule has 2 aromatic rings. The zero-order valence-corrected chi connectivity index (χ0v) is 12.2. The molecule has 0 spiro atoms. The van der Waals surface area contributed by atoms with Crippen molar-refractivity contribution in [2.24, 2.45) is 0 Å². The summed E-state index contributed by atoms with van der Waals surface area (Å²) in [5.41, 5.74) is 1.69. The Morgan fingerprint density at radius 3 is 2.63 bits per heavy atom. The topological polar surface area (TPSA) is 45.2 Å². The Morgan fingerprint density at radius 1 is 1.32 bits per heavy atom. The Morgan fingerprint density at radius 2 is 2.05 bits per heavy atom. The molecule has 0 aliphatic heterocycles. The Balaban J connectivity index is 2.06. The summed E-state index contributed by atoms with van der Waals surface area (Å²) >= 11 is 1.69. The highest BCUT2D eigenvalue weighted by molar-refractivity contribution is 7.09. The van der Waals surface area contributed by atoms with Crippen molar-refractivity contribution in [3.05, 3.63) is 52.0 Å². The first-order valence-corrected chi connectivity index (χ1v) is 7.40. The third-order valence-electron chi connectivity index (χ3n) is 3.29. The molecule has 1 aromatic carbocycles. The van der Waals surface area contributed by atoms with E-state index in [0.717, 1.165) is 22.7 Å². The van der Waals surface area contributed by atoms with E-state index < -0.39 is 5.54 Å². The molecule has 0 aliphatic carbocycles. The van der Waals surface area contributed by atoms with Crippen molar-refractivity contribution in [2.75, 3.05) is 6.61 Å². The minimum atomic E-state index is -0.433. The summed E-state index contributed by atoms with van der Waals surface area (Å²) in [6.45, 7) is 4.84. The van der Waals surface area contributed by atoms with Crippen LogP contribution in [0.1, 0.15) is 30.1 Å². The molecule has 0 bridgehead atoms. The molecule has 3 nitrogen and oxygen atoms in total. The number of nitrogens with one attached hydrogen (secondary N) is 1. The van der Waals surface area contributed by atoms with Crippen LogP contribution in [0.25, 0.3) is 0 Å². The molecule has 2 N–H and O–H groups in total. The van der Waals surface area contributed by atoms with Crippen LogP contribution in [0.5, 0.6) is 0 Å². The van der Waals surface area contributed by atoms with Gasteiger partial charge in [0.15, 0.2) is 0 Å². The highest BCUT2D eigenvalue weighted by Gasteiger charge is 2.24. The van der Waals surface area contributed by atoms with Crippen molar-refractivity contribution in [3.8, 4) is 0 Å². The monoisotopic (exact) mass is 276 g/mol. The highest BCUT2D eigenvalue weighted by Crippen LogP contribution is 2.21. The van der Waals surface area contributed by atoms with Gasteiger partial charge in [-0.05, 0) is 18.9 Å². The maximum atomic E-state index is 9.69. The molecule has 0 saturated heterocycles. The molecule has 102 valence electrons. The molecular formula is C15H20N2OS. The molecule has 2 rings (SSSR count). The van der Waals surface area contributed by atoms with Crippen LogP contribution in [0.2, 0.25) is 0 Å². The SMILES string of the molecule is CCc1nc(CNC(C)(CO)c2ccccc2)cs1. The van der Waals surface area contributed by atoms with Gasteiger partial charge in [-0.25, -0.2) is 4.98 Å². The number of nitrogens with zero attached hydrogens (tertiary/aromatic N) is 1. The fourth-order valence-corrected chi connectivity index (χ4v) is 2.68. The Hall–Kier alpha value is -1.23. The molecule has 0 saturated carbocycles. The van der Waals surface area contributed by atoms with E-state index in [1.807, 2.05) is 37.3 Å². The van der Waals surface area contributed by atoms with Gasteiger partial charge in [0, 0.05) is 11.9 Å². The summed E-state index contributed by atoms with van der Waals surface area (Å²) in [7, 11) is 0. The van der Waals surface area contributed by atoms with Gasteiger partial charge in [0.25, 0.3) is 0 Å². The number of aromatic nitrogens is 1. The first-order valence-electron chi connectivity index (χ1n) is 6.52. The quantitative estimate of drug-likeness (QED) is 0.852. The van der Waals surface area contributed by atoms with E-state index in [0.29, 0.717) is 6.54 Å². The van der Waals surface area contributed by atoms with Crippen molar-refractivity contribution in [1.29, 1.82) is 0 Å². The van der Waals surface area contributed by atoms with Gasteiger partial charge < -0.3 is 5.11 Å². The van der Waals surface area contributed by atoms with Crippen LogP contribution >= 0.6 is 11.3 Å². The standard InChI is InChI=1S/C15H20N2OS/c1-3-14-17-13(10-19-14)9-16-15(2,11-18)12-7-5-4-6-8-12/h4-8,10,16,18H,3,9,11H2,1-2H3. The largest absolute Gasteiger partial charge is 0.394 e. The molecule has 0 fully saturated rings. The van der Waals surface area contributed by atoms with E-state index >= 15 is 0 Å². The molecule has 1 atom stereocenters. The van der Waals surface area contributed by atoms with Crippen LogP contribution in [-0.4, -0.2) is 16.7 Å². The number of aliphatic hydroxyl groups is 1. The van der Waals surface area contributed by atoms with Crippen molar-refractivity contribution in [3.63, 3.8) is 0 Å². The van der Waals surface area contributed by atoms with E-state index in [-0.39, 0.29) is 6.61 Å². The van der Waals surface area contributed by atoms with Crippen molar-refractivity contribution in [1.82, 2.24) is 10.3 Å². The molecule has 1 aromatic heterocycles. The molecule has 4 heteroatoms. The molecule has 0 radical (unpaired) electrons. The lowest BCUT2D eigenvalue weighted by atomic mass is 9.93. The zero-order valence-electron chi connectivity index (χ0n) is 11.4. The maximum Gasteiger partial charge on any atom is 0.0926 e. The lowest BCUT2D eigenvalue weighted by Gasteiger charge is -2.29. The lowest BCUT2D eigenvalue weighted by Crippen LogP contribution is -2.42. The van der Waals surface area contributed by atoms with Crippen LogP contribution < -0.4 is 5.32 Å². The maximum absolute atomic E-state index is 9.69.